The molecule has 2 rings (SSSR count). The molecule has 0 aromatic heterocycles. The van der Waals surface area contributed by atoms with Crippen molar-refractivity contribution in [3.05, 3.63) is 23.3 Å². The van der Waals surface area contributed by atoms with E-state index in [4.69, 9.17) is 9.47 Å². The summed E-state index contributed by atoms with van der Waals surface area (Å²) in [6, 6.07) is 4.29. The third-order valence-electron chi connectivity index (χ3n) is 2.63. The van der Waals surface area contributed by atoms with Gasteiger partial charge < -0.3 is 9.47 Å². The largest absolute Gasteiger partial charge is 0.497 e. The molecule has 0 radical (unpaired) electrons. The maximum Gasteiger partial charge on any atom is 0.131 e. The molecule has 1 heterocycles. The van der Waals surface area contributed by atoms with Gasteiger partial charge in [0, 0.05) is 17.8 Å². The summed E-state index contributed by atoms with van der Waals surface area (Å²) < 4.78 is 10.6. The van der Waals surface area contributed by atoms with Gasteiger partial charge in [0.25, 0.3) is 0 Å². The van der Waals surface area contributed by atoms with Crippen molar-refractivity contribution in [1.29, 1.82) is 0 Å². The molecule has 3 heteroatoms. The quantitative estimate of drug-likeness (QED) is 0.740. The molecule has 80 valence electrons. The smallest absolute Gasteiger partial charge is 0.131 e. The number of rotatable bonds is 2. The summed E-state index contributed by atoms with van der Waals surface area (Å²) in [5.74, 6) is 1.67. The number of methoxy groups -OCH3 is 2. The van der Waals surface area contributed by atoms with Gasteiger partial charge in [0.05, 0.1) is 20.3 Å². The van der Waals surface area contributed by atoms with Crippen LogP contribution in [0.5, 0.6) is 11.5 Å². The normalized spacial score (nSPS) is 18.5. The average molecular weight is 205 g/mol. The van der Waals surface area contributed by atoms with Gasteiger partial charge in [-0.15, -0.1) is 0 Å². The highest BCUT2D eigenvalue weighted by Gasteiger charge is 2.16. The highest BCUT2D eigenvalue weighted by atomic mass is 16.5. The van der Waals surface area contributed by atoms with Gasteiger partial charge in [-0.3, -0.25) is 4.99 Å². The predicted octanol–water partition coefficient (Wildman–Crippen LogP) is 2.07. The Morgan fingerprint density at radius 2 is 2.07 bits per heavy atom. The summed E-state index contributed by atoms with van der Waals surface area (Å²) in [6.45, 7) is 2.10. The zero-order valence-electron chi connectivity index (χ0n) is 9.28. The summed E-state index contributed by atoms with van der Waals surface area (Å²) in [5.41, 5.74) is 2.32. The van der Waals surface area contributed by atoms with Crippen LogP contribution in [-0.2, 0) is 6.42 Å². The second kappa shape index (κ2) is 3.93. The number of hydrogen-bond donors (Lipinski definition) is 0. The van der Waals surface area contributed by atoms with Crippen molar-refractivity contribution in [1.82, 2.24) is 0 Å². The number of fused-ring (bicyclic) bond motifs is 1. The molecular formula is C12H15NO2. The molecule has 3 nitrogen and oxygen atoms in total. The van der Waals surface area contributed by atoms with Crippen LogP contribution < -0.4 is 9.47 Å². The number of benzene rings is 1. The van der Waals surface area contributed by atoms with E-state index in [-0.39, 0.29) is 0 Å². The molecule has 1 aliphatic rings. The minimum atomic E-state index is 0.342. The molecule has 0 saturated heterocycles. The molecule has 0 saturated carbocycles. The first-order valence-electron chi connectivity index (χ1n) is 5.02. The first kappa shape index (κ1) is 10.0. The molecule has 1 atom stereocenters. The van der Waals surface area contributed by atoms with Gasteiger partial charge in [-0.25, -0.2) is 0 Å². The Hall–Kier alpha value is -1.51. The van der Waals surface area contributed by atoms with Gasteiger partial charge in [0.2, 0.25) is 0 Å². The Kier molecular flexibility index (Phi) is 2.62. The van der Waals surface area contributed by atoms with Gasteiger partial charge in [0.15, 0.2) is 0 Å². The van der Waals surface area contributed by atoms with Crippen molar-refractivity contribution in [2.45, 2.75) is 19.4 Å². The fourth-order valence-electron chi connectivity index (χ4n) is 1.83. The molecule has 0 fully saturated rings. The monoisotopic (exact) mass is 205 g/mol. The van der Waals surface area contributed by atoms with Crippen LogP contribution in [0.3, 0.4) is 0 Å². The molecule has 15 heavy (non-hydrogen) atoms. The molecular weight excluding hydrogens is 190 g/mol. The summed E-state index contributed by atoms with van der Waals surface area (Å²) in [5, 5.41) is 0. The number of ether oxygens (including phenoxy) is 2. The van der Waals surface area contributed by atoms with Crippen LogP contribution in [0.25, 0.3) is 0 Å². The van der Waals surface area contributed by atoms with Gasteiger partial charge in [0.1, 0.15) is 11.5 Å². The topological polar surface area (TPSA) is 30.8 Å². The van der Waals surface area contributed by atoms with Crippen LogP contribution in [0.1, 0.15) is 18.1 Å². The third kappa shape index (κ3) is 1.82. The molecule has 1 aromatic carbocycles. The van der Waals surface area contributed by atoms with Crippen molar-refractivity contribution < 1.29 is 9.47 Å². The predicted molar refractivity (Wildman–Crippen MR) is 60.3 cm³/mol. The van der Waals surface area contributed by atoms with E-state index in [9.17, 15) is 0 Å². The van der Waals surface area contributed by atoms with Crippen LogP contribution in [-0.4, -0.2) is 26.5 Å². The molecule has 1 unspecified atom stereocenters. The van der Waals surface area contributed by atoms with Crippen LogP contribution in [0.4, 0.5) is 0 Å². The summed E-state index contributed by atoms with van der Waals surface area (Å²) in [6.07, 6.45) is 2.83. The van der Waals surface area contributed by atoms with Gasteiger partial charge in [-0.2, -0.15) is 0 Å². The average Bonchev–Trinajstić information content (AvgIpc) is 2.26. The second-order valence-electron chi connectivity index (χ2n) is 3.73. The van der Waals surface area contributed by atoms with E-state index in [1.165, 1.54) is 5.56 Å². The lowest BCUT2D eigenvalue weighted by atomic mass is 9.98. The lowest BCUT2D eigenvalue weighted by molar-refractivity contribution is 0.392. The van der Waals surface area contributed by atoms with E-state index < -0.39 is 0 Å². The maximum absolute atomic E-state index is 5.32. The van der Waals surface area contributed by atoms with E-state index in [2.05, 4.69) is 18.0 Å². The van der Waals surface area contributed by atoms with E-state index in [0.717, 1.165) is 23.5 Å². The van der Waals surface area contributed by atoms with Crippen molar-refractivity contribution in [2.24, 2.45) is 4.99 Å². The number of hydrogen-bond acceptors (Lipinski definition) is 3. The minimum absolute atomic E-state index is 0.342. The zero-order chi connectivity index (χ0) is 10.8. The Morgan fingerprint density at radius 3 is 2.73 bits per heavy atom. The van der Waals surface area contributed by atoms with Gasteiger partial charge >= 0.3 is 0 Å². The van der Waals surface area contributed by atoms with Gasteiger partial charge in [-0.05, 0) is 25.0 Å². The Morgan fingerprint density at radius 1 is 1.27 bits per heavy atom. The van der Waals surface area contributed by atoms with Crippen molar-refractivity contribution in [3.63, 3.8) is 0 Å². The van der Waals surface area contributed by atoms with Crippen molar-refractivity contribution >= 4 is 6.21 Å². The van der Waals surface area contributed by atoms with Crippen molar-refractivity contribution in [2.75, 3.05) is 14.2 Å². The van der Waals surface area contributed by atoms with Crippen molar-refractivity contribution in [3.8, 4) is 11.5 Å². The van der Waals surface area contributed by atoms with E-state index in [1.54, 1.807) is 14.2 Å². The first-order chi connectivity index (χ1) is 7.24. The second-order valence-corrected chi connectivity index (χ2v) is 3.73. The van der Waals surface area contributed by atoms with E-state index in [0.29, 0.717) is 6.04 Å². The number of nitrogens with zero attached hydrogens (tertiary/aromatic N) is 1. The SMILES string of the molecule is COc1cc2c(c(OC)c1)C=NC(C)C2. The fraction of sp³-hybridized carbons (Fsp3) is 0.417. The first-order valence-corrected chi connectivity index (χ1v) is 5.02. The van der Waals surface area contributed by atoms with E-state index >= 15 is 0 Å². The molecule has 1 aliphatic heterocycles. The molecule has 0 aliphatic carbocycles. The zero-order valence-corrected chi connectivity index (χ0v) is 9.28. The van der Waals surface area contributed by atoms with Crippen LogP contribution >= 0.6 is 0 Å². The van der Waals surface area contributed by atoms with E-state index in [1.807, 2.05) is 12.3 Å². The Labute approximate surface area is 89.7 Å². The van der Waals surface area contributed by atoms with Crippen LogP contribution in [0, 0.1) is 0 Å². The number of aliphatic imine (C=N–C) groups is 1. The highest BCUT2D eigenvalue weighted by Crippen LogP contribution is 2.30. The Balaban J connectivity index is 2.52. The van der Waals surface area contributed by atoms with Crippen LogP contribution in [0.15, 0.2) is 17.1 Å². The molecule has 0 bridgehead atoms. The summed E-state index contributed by atoms with van der Waals surface area (Å²) in [4.78, 5) is 4.39. The molecule has 0 spiro atoms. The molecule has 1 aromatic rings. The maximum atomic E-state index is 5.32. The van der Waals surface area contributed by atoms with Crippen LogP contribution in [0.2, 0.25) is 0 Å². The fourth-order valence-corrected chi connectivity index (χ4v) is 1.83. The highest BCUT2D eigenvalue weighted by molar-refractivity contribution is 5.87. The summed E-state index contributed by atoms with van der Waals surface area (Å²) in [7, 11) is 3.34. The lowest BCUT2D eigenvalue weighted by Crippen LogP contribution is -2.12. The lowest BCUT2D eigenvalue weighted by Gasteiger charge is -2.18. The Bertz CT molecular complexity index is 399. The van der Waals surface area contributed by atoms with Gasteiger partial charge in [-0.1, -0.05) is 0 Å². The standard InChI is InChI=1S/C12H15NO2/c1-8-4-9-5-10(14-2)6-12(15-3)11(9)7-13-8/h5-8H,4H2,1-3H3. The molecule has 0 N–H and O–H groups in total. The third-order valence-corrected chi connectivity index (χ3v) is 2.63. The minimum Gasteiger partial charge on any atom is -0.497 e. The molecule has 0 amide bonds. The summed E-state index contributed by atoms with van der Waals surface area (Å²) >= 11 is 0.